The number of nitrogens with two attached hydrogens (primary N) is 1. The van der Waals surface area contributed by atoms with E-state index in [2.05, 4.69) is 46.4 Å². The standard InChI is InChI=1S/C26H36N8O4/c1-25(2,3)15-6-8-16(9-7-15)32-24(36)28-10-5-11-33(4)12-17-20(35)26(37)19(21(26)38-17)34-14-31-18-22(27)29-13-30-23(18)34/h6-9,13-14,17,19-21,35,37H,5,10-12H2,1-4H3,(H2,27,29,30)(H2,28,32,36)/t17?,19?,20-,21+,26-/m1/s1. The third-order valence-corrected chi connectivity index (χ3v) is 7.44. The zero-order chi connectivity index (χ0) is 27.2. The van der Waals surface area contributed by atoms with E-state index in [9.17, 15) is 15.0 Å². The van der Waals surface area contributed by atoms with Crippen molar-refractivity contribution in [2.24, 2.45) is 0 Å². The summed E-state index contributed by atoms with van der Waals surface area (Å²) in [5.74, 6) is 0.259. The molecule has 5 atom stereocenters. The molecule has 2 amide bonds. The van der Waals surface area contributed by atoms with E-state index >= 15 is 0 Å². The second kappa shape index (κ2) is 9.77. The molecule has 1 aromatic carbocycles. The highest BCUT2D eigenvalue weighted by Crippen LogP contribution is 2.59. The number of amides is 2. The predicted molar refractivity (Wildman–Crippen MR) is 143 cm³/mol. The number of urea groups is 1. The largest absolute Gasteiger partial charge is 0.387 e. The molecule has 2 fully saturated rings. The maximum Gasteiger partial charge on any atom is 0.319 e. The van der Waals surface area contributed by atoms with Crippen LogP contribution in [0.25, 0.3) is 11.2 Å². The van der Waals surface area contributed by atoms with E-state index in [1.54, 1.807) is 4.57 Å². The van der Waals surface area contributed by atoms with Crippen LogP contribution in [0.3, 0.4) is 0 Å². The number of aliphatic hydroxyl groups is 2. The Bertz CT molecular complexity index is 1310. The molecule has 1 saturated heterocycles. The molecule has 0 bridgehead atoms. The van der Waals surface area contributed by atoms with Gasteiger partial charge in [0.15, 0.2) is 11.5 Å². The van der Waals surface area contributed by atoms with Crippen molar-refractivity contribution < 1.29 is 19.7 Å². The Morgan fingerprint density at radius 3 is 2.63 bits per heavy atom. The number of anilines is 2. The topological polar surface area (TPSA) is 164 Å². The number of carbonyl (C=O) groups excluding carboxylic acids is 1. The Balaban J connectivity index is 1.05. The van der Waals surface area contributed by atoms with E-state index in [1.807, 2.05) is 36.2 Å². The summed E-state index contributed by atoms with van der Waals surface area (Å²) < 4.78 is 7.72. The molecule has 3 aromatic rings. The van der Waals surface area contributed by atoms with Crippen LogP contribution in [-0.4, -0.2) is 91.3 Å². The Morgan fingerprint density at radius 2 is 1.97 bits per heavy atom. The first-order valence-electron chi connectivity index (χ1n) is 12.8. The van der Waals surface area contributed by atoms with Gasteiger partial charge in [0.25, 0.3) is 0 Å². The number of fused-ring (bicyclic) bond motifs is 2. The third kappa shape index (κ3) is 4.80. The molecule has 204 valence electrons. The van der Waals surface area contributed by atoms with Gasteiger partial charge < -0.3 is 40.8 Å². The summed E-state index contributed by atoms with van der Waals surface area (Å²) >= 11 is 0. The molecule has 1 saturated carbocycles. The fourth-order valence-corrected chi connectivity index (χ4v) is 5.19. The van der Waals surface area contributed by atoms with E-state index in [0.29, 0.717) is 37.2 Å². The highest BCUT2D eigenvalue weighted by atomic mass is 16.6. The number of aliphatic hydroxyl groups excluding tert-OH is 1. The minimum Gasteiger partial charge on any atom is -0.387 e. The minimum absolute atomic E-state index is 0.0612. The van der Waals surface area contributed by atoms with Crippen LogP contribution in [0.1, 0.15) is 38.8 Å². The summed E-state index contributed by atoms with van der Waals surface area (Å²) in [6, 6.07) is 7.11. The molecule has 12 nitrogen and oxygen atoms in total. The van der Waals surface area contributed by atoms with Gasteiger partial charge in [0.1, 0.15) is 29.7 Å². The van der Waals surface area contributed by atoms with Crippen LogP contribution >= 0.6 is 0 Å². The van der Waals surface area contributed by atoms with Crippen LogP contribution < -0.4 is 16.4 Å². The van der Waals surface area contributed by atoms with Crippen LogP contribution in [0.15, 0.2) is 36.9 Å². The number of aromatic nitrogens is 4. The van der Waals surface area contributed by atoms with Crippen molar-refractivity contribution in [1.82, 2.24) is 29.7 Å². The van der Waals surface area contributed by atoms with Crippen molar-refractivity contribution in [3.8, 4) is 0 Å². The van der Waals surface area contributed by atoms with Gasteiger partial charge in [-0.25, -0.2) is 19.7 Å². The highest BCUT2D eigenvalue weighted by molar-refractivity contribution is 5.89. The number of nitrogens with zero attached hydrogens (tertiary/aromatic N) is 5. The molecular weight excluding hydrogens is 488 g/mol. The lowest BCUT2D eigenvalue weighted by Crippen LogP contribution is -2.44. The molecule has 2 aliphatic rings. The number of rotatable bonds is 8. The molecule has 38 heavy (non-hydrogen) atoms. The van der Waals surface area contributed by atoms with E-state index in [4.69, 9.17) is 10.5 Å². The van der Waals surface area contributed by atoms with Crippen LogP contribution in [0.4, 0.5) is 16.3 Å². The lowest BCUT2D eigenvalue weighted by molar-refractivity contribution is -0.0511. The van der Waals surface area contributed by atoms with Crippen molar-refractivity contribution in [1.29, 1.82) is 0 Å². The van der Waals surface area contributed by atoms with E-state index in [1.165, 1.54) is 18.2 Å². The van der Waals surface area contributed by atoms with Gasteiger partial charge in [0, 0.05) is 18.8 Å². The summed E-state index contributed by atoms with van der Waals surface area (Å²) in [4.78, 5) is 26.6. The number of imidazole rings is 1. The number of nitrogen functional groups attached to an aromatic ring is 1. The molecule has 0 radical (unpaired) electrons. The van der Waals surface area contributed by atoms with Gasteiger partial charge in [-0.2, -0.15) is 0 Å². The zero-order valence-electron chi connectivity index (χ0n) is 22.1. The monoisotopic (exact) mass is 524 g/mol. The van der Waals surface area contributed by atoms with Gasteiger partial charge in [-0.1, -0.05) is 32.9 Å². The smallest absolute Gasteiger partial charge is 0.319 e. The van der Waals surface area contributed by atoms with Crippen molar-refractivity contribution >= 4 is 28.7 Å². The molecule has 6 N–H and O–H groups in total. The van der Waals surface area contributed by atoms with Gasteiger partial charge in [0.2, 0.25) is 0 Å². The Hall–Kier alpha value is -3.32. The fraction of sp³-hybridized carbons (Fsp3) is 0.538. The normalized spacial score (nSPS) is 26.5. The van der Waals surface area contributed by atoms with Gasteiger partial charge in [-0.05, 0) is 43.1 Å². The number of likely N-dealkylation sites (N-methyl/N-ethyl adjacent to an activating group) is 1. The van der Waals surface area contributed by atoms with Gasteiger partial charge in [-0.15, -0.1) is 0 Å². The molecule has 2 unspecified atom stereocenters. The predicted octanol–water partition coefficient (Wildman–Crippen LogP) is 1.26. The van der Waals surface area contributed by atoms with Gasteiger partial charge in [-0.3, -0.25) is 0 Å². The van der Waals surface area contributed by atoms with Crippen molar-refractivity contribution in [3.63, 3.8) is 0 Å². The summed E-state index contributed by atoms with van der Waals surface area (Å²) in [5.41, 5.74) is 7.40. The van der Waals surface area contributed by atoms with Crippen molar-refractivity contribution in [2.75, 3.05) is 37.7 Å². The summed E-state index contributed by atoms with van der Waals surface area (Å²) in [7, 11) is 1.92. The highest BCUT2D eigenvalue weighted by Gasteiger charge is 2.77. The Labute approximate surface area is 221 Å². The number of nitrogens with one attached hydrogen (secondary N) is 2. The van der Waals surface area contributed by atoms with Crippen LogP contribution in [0.5, 0.6) is 0 Å². The number of carbonyl (C=O) groups is 1. The molecular formula is C26H36N8O4. The number of benzene rings is 1. The fourth-order valence-electron chi connectivity index (χ4n) is 5.19. The Kier molecular flexibility index (Phi) is 6.76. The first-order valence-corrected chi connectivity index (χ1v) is 12.8. The number of ether oxygens (including phenoxy) is 1. The average Bonchev–Trinajstić information content (AvgIpc) is 3.11. The minimum atomic E-state index is -1.41. The van der Waals surface area contributed by atoms with Crippen molar-refractivity contribution in [3.05, 3.63) is 42.5 Å². The quantitative estimate of drug-likeness (QED) is 0.273. The maximum atomic E-state index is 12.2. The first-order chi connectivity index (χ1) is 18.0. The second-order valence-corrected chi connectivity index (χ2v) is 11.3. The van der Waals surface area contributed by atoms with E-state index < -0.39 is 30.0 Å². The first kappa shape index (κ1) is 26.3. The summed E-state index contributed by atoms with van der Waals surface area (Å²) in [5, 5.41) is 27.8. The molecule has 12 heteroatoms. The number of hydrogen-bond acceptors (Lipinski definition) is 9. The lowest BCUT2D eigenvalue weighted by Gasteiger charge is -2.27. The van der Waals surface area contributed by atoms with Crippen LogP contribution in [0, 0.1) is 0 Å². The molecule has 3 heterocycles. The second-order valence-electron chi connectivity index (χ2n) is 11.3. The SMILES string of the molecule is CN(CCCNC(=O)Nc1ccc(C(C)(C)C)cc1)CC1O[C@H]2C(n3cnc4c(N)ncnc43)[C@@]2(O)[C@@H]1O. The van der Waals surface area contributed by atoms with Crippen LogP contribution in [-0.2, 0) is 10.2 Å². The Morgan fingerprint density at radius 1 is 1.24 bits per heavy atom. The summed E-state index contributed by atoms with van der Waals surface area (Å²) in [6.45, 7) is 8.07. The summed E-state index contributed by atoms with van der Waals surface area (Å²) in [6.07, 6.45) is 1.44. The average molecular weight is 525 g/mol. The molecule has 5 rings (SSSR count). The van der Waals surface area contributed by atoms with E-state index in [-0.39, 0.29) is 17.3 Å². The lowest BCUT2D eigenvalue weighted by atomic mass is 9.87. The van der Waals surface area contributed by atoms with Gasteiger partial charge in [0.05, 0.1) is 18.5 Å². The molecule has 0 spiro atoms. The molecule has 2 aromatic heterocycles. The third-order valence-electron chi connectivity index (χ3n) is 7.44. The zero-order valence-corrected chi connectivity index (χ0v) is 22.1. The molecule has 1 aliphatic heterocycles. The van der Waals surface area contributed by atoms with Crippen molar-refractivity contribution in [2.45, 2.75) is 62.6 Å². The van der Waals surface area contributed by atoms with Gasteiger partial charge >= 0.3 is 6.03 Å². The maximum absolute atomic E-state index is 12.2. The molecule has 1 aliphatic carbocycles. The van der Waals surface area contributed by atoms with Crippen LogP contribution in [0.2, 0.25) is 0 Å². The van der Waals surface area contributed by atoms with E-state index in [0.717, 1.165) is 5.69 Å². The number of hydrogen-bond donors (Lipinski definition) is 5.